The van der Waals surface area contributed by atoms with Gasteiger partial charge in [0.15, 0.2) is 0 Å². The lowest BCUT2D eigenvalue weighted by Gasteiger charge is -2.14. The molecule has 1 aromatic rings. The molecule has 0 radical (unpaired) electrons. The van der Waals surface area contributed by atoms with Crippen molar-refractivity contribution in [1.82, 2.24) is 4.72 Å². The first kappa shape index (κ1) is 15.5. The van der Waals surface area contributed by atoms with Gasteiger partial charge < -0.3 is 0 Å². The van der Waals surface area contributed by atoms with Crippen LogP contribution in [0.25, 0.3) is 0 Å². The molecule has 0 aromatic heterocycles. The van der Waals surface area contributed by atoms with E-state index in [4.69, 9.17) is 11.6 Å². The standard InChI is InChI=1S/C13H20ClNO2S/c1-3-13(14)9-15-18(16,17)10-11(2)12-7-5-4-6-8-12/h4-8,11,13,15H,3,9-10H2,1-2H3. The lowest BCUT2D eigenvalue weighted by Crippen LogP contribution is -2.33. The minimum atomic E-state index is -3.27. The predicted octanol–water partition coefficient (Wildman–Crippen LogP) is 2.73. The Morgan fingerprint density at radius 1 is 1.28 bits per heavy atom. The minimum Gasteiger partial charge on any atom is -0.214 e. The number of hydrogen-bond acceptors (Lipinski definition) is 2. The van der Waals surface area contributed by atoms with E-state index >= 15 is 0 Å². The maximum absolute atomic E-state index is 11.9. The van der Waals surface area contributed by atoms with Crippen molar-refractivity contribution < 1.29 is 8.42 Å². The molecule has 0 amide bonds. The monoisotopic (exact) mass is 289 g/mol. The second-order valence-corrected chi connectivity index (χ2v) is 6.92. The van der Waals surface area contributed by atoms with Crippen LogP contribution in [-0.2, 0) is 10.0 Å². The molecule has 102 valence electrons. The Morgan fingerprint density at radius 2 is 1.89 bits per heavy atom. The number of alkyl halides is 1. The number of halogens is 1. The topological polar surface area (TPSA) is 46.2 Å². The van der Waals surface area contributed by atoms with Crippen molar-refractivity contribution >= 4 is 21.6 Å². The van der Waals surface area contributed by atoms with Crippen molar-refractivity contribution in [2.45, 2.75) is 31.6 Å². The van der Waals surface area contributed by atoms with E-state index in [1.165, 1.54) is 0 Å². The average molecular weight is 290 g/mol. The molecule has 0 heterocycles. The van der Waals surface area contributed by atoms with Crippen LogP contribution in [-0.4, -0.2) is 26.1 Å². The Bertz CT molecular complexity index is 447. The molecular weight excluding hydrogens is 270 g/mol. The van der Waals surface area contributed by atoms with Crippen LogP contribution in [0.3, 0.4) is 0 Å². The third-order valence-electron chi connectivity index (χ3n) is 2.81. The summed E-state index contributed by atoms with van der Waals surface area (Å²) in [6.07, 6.45) is 0.748. The molecule has 0 aliphatic heterocycles. The summed E-state index contributed by atoms with van der Waals surface area (Å²) in [6.45, 7) is 4.13. The van der Waals surface area contributed by atoms with Gasteiger partial charge in [-0.2, -0.15) is 0 Å². The zero-order chi connectivity index (χ0) is 13.6. The van der Waals surface area contributed by atoms with E-state index in [2.05, 4.69) is 4.72 Å². The van der Waals surface area contributed by atoms with Gasteiger partial charge in [-0.15, -0.1) is 11.6 Å². The highest BCUT2D eigenvalue weighted by molar-refractivity contribution is 7.89. The lowest BCUT2D eigenvalue weighted by molar-refractivity contribution is 0.573. The summed E-state index contributed by atoms with van der Waals surface area (Å²) < 4.78 is 26.3. The van der Waals surface area contributed by atoms with Crippen LogP contribution in [0.2, 0.25) is 0 Å². The summed E-state index contributed by atoms with van der Waals surface area (Å²) in [4.78, 5) is 0. The van der Waals surface area contributed by atoms with E-state index in [0.29, 0.717) is 6.54 Å². The zero-order valence-electron chi connectivity index (χ0n) is 10.8. The predicted molar refractivity (Wildman–Crippen MR) is 76.6 cm³/mol. The molecule has 0 aliphatic rings. The fourth-order valence-corrected chi connectivity index (χ4v) is 3.22. The van der Waals surface area contributed by atoms with Crippen molar-refractivity contribution in [2.75, 3.05) is 12.3 Å². The average Bonchev–Trinajstić information content (AvgIpc) is 2.36. The molecule has 0 spiro atoms. The first-order valence-corrected chi connectivity index (χ1v) is 8.20. The summed E-state index contributed by atoms with van der Waals surface area (Å²) in [5.74, 6) is 0.0590. The smallest absolute Gasteiger partial charge is 0.212 e. The Hall–Kier alpha value is -0.580. The molecule has 0 fully saturated rings. The fourth-order valence-electron chi connectivity index (χ4n) is 1.63. The van der Waals surface area contributed by atoms with Crippen LogP contribution in [0.15, 0.2) is 30.3 Å². The van der Waals surface area contributed by atoms with Gasteiger partial charge in [-0.05, 0) is 17.9 Å². The van der Waals surface area contributed by atoms with E-state index in [0.717, 1.165) is 12.0 Å². The van der Waals surface area contributed by atoms with Crippen LogP contribution >= 0.6 is 11.6 Å². The first-order valence-electron chi connectivity index (χ1n) is 6.11. The highest BCUT2D eigenvalue weighted by Crippen LogP contribution is 2.16. The summed E-state index contributed by atoms with van der Waals surface area (Å²) in [5, 5.41) is -0.146. The Kier molecular flexibility index (Phi) is 6.12. The Morgan fingerprint density at radius 3 is 2.44 bits per heavy atom. The van der Waals surface area contributed by atoms with E-state index in [1.807, 2.05) is 44.2 Å². The molecule has 2 atom stereocenters. The Balaban J connectivity index is 2.55. The number of sulfonamides is 1. The van der Waals surface area contributed by atoms with E-state index in [-0.39, 0.29) is 17.0 Å². The van der Waals surface area contributed by atoms with Crippen molar-refractivity contribution in [3.63, 3.8) is 0 Å². The van der Waals surface area contributed by atoms with E-state index in [9.17, 15) is 8.42 Å². The lowest BCUT2D eigenvalue weighted by atomic mass is 10.0. The number of nitrogens with one attached hydrogen (secondary N) is 1. The third kappa shape index (κ3) is 5.38. The molecule has 3 nitrogen and oxygen atoms in total. The van der Waals surface area contributed by atoms with Gasteiger partial charge >= 0.3 is 0 Å². The number of hydrogen-bond donors (Lipinski definition) is 1. The largest absolute Gasteiger partial charge is 0.214 e. The van der Waals surface area contributed by atoms with Crippen LogP contribution < -0.4 is 4.72 Å². The van der Waals surface area contributed by atoms with Crippen molar-refractivity contribution in [2.24, 2.45) is 0 Å². The molecule has 18 heavy (non-hydrogen) atoms. The molecule has 1 aromatic carbocycles. The SMILES string of the molecule is CCC(Cl)CNS(=O)(=O)CC(C)c1ccccc1. The van der Waals surface area contributed by atoms with Gasteiger partial charge in [0.25, 0.3) is 0 Å². The molecule has 2 unspecified atom stereocenters. The molecule has 1 N–H and O–H groups in total. The normalized spacial score (nSPS) is 15.3. The van der Waals surface area contributed by atoms with Gasteiger partial charge in [0, 0.05) is 11.9 Å². The summed E-state index contributed by atoms with van der Waals surface area (Å²) in [6, 6.07) is 9.63. The summed E-state index contributed by atoms with van der Waals surface area (Å²) >= 11 is 5.90. The van der Waals surface area contributed by atoms with Crippen molar-refractivity contribution in [3.05, 3.63) is 35.9 Å². The van der Waals surface area contributed by atoms with Crippen LogP contribution in [0.1, 0.15) is 31.7 Å². The quantitative estimate of drug-likeness (QED) is 0.785. The highest BCUT2D eigenvalue weighted by atomic mass is 35.5. The summed E-state index contributed by atoms with van der Waals surface area (Å²) in [7, 11) is -3.27. The zero-order valence-corrected chi connectivity index (χ0v) is 12.3. The summed E-state index contributed by atoms with van der Waals surface area (Å²) in [5.41, 5.74) is 1.03. The first-order chi connectivity index (χ1) is 8.44. The van der Waals surface area contributed by atoms with E-state index in [1.54, 1.807) is 0 Å². The third-order valence-corrected chi connectivity index (χ3v) is 4.81. The minimum absolute atomic E-state index is 0.0286. The van der Waals surface area contributed by atoms with Crippen LogP contribution in [0.4, 0.5) is 0 Å². The van der Waals surface area contributed by atoms with Gasteiger partial charge in [-0.1, -0.05) is 44.2 Å². The molecule has 0 bridgehead atoms. The second-order valence-electron chi connectivity index (χ2n) is 4.45. The van der Waals surface area contributed by atoms with Crippen molar-refractivity contribution in [3.8, 4) is 0 Å². The maximum atomic E-state index is 11.9. The molecule has 0 aliphatic carbocycles. The molecule has 0 saturated carbocycles. The van der Waals surface area contributed by atoms with Crippen molar-refractivity contribution in [1.29, 1.82) is 0 Å². The molecule has 1 rings (SSSR count). The van der Waals surface area contributed by atoms with Gasteiger partial charge in [0.1, 0.15) is 0 Å². The van der Waals surface area contributed by atoms with Gasteiger partial charge in [0.2, 0.25) is 10.0 Å². The highest BCUT2D eigenvalue weighted by Gasteiger charge is 2.17. The van der Waals surface area contributed by atoms with E-state index < -0.39 is 10.0 Å². The van der Waals surface area contributed by atoms with Gasteiger partial charge in [-0.25, -0.2) is 13.1 Å². The Labute approximate surface area is 115 Å². The molecule has 0 saturated heterocycles. The second kappa shape index (κ2) is 7.12. The van der Waals surface area contributed by atoms with Gasteiger partial charge in [0.05, 0.1) is 5.75 Å². The maximum Gasteiger partial charge on any atom is 0.212 e. The number of rotatable bonds is 7. The van der Waals surface area contributed by atoms with Crippen LogP contribution in [0, 0.1) is 0 Å². The van der Waals surface area contributed by atoms with Crippen LogP contribution in [0.5, 0.6) is 0 Å². The molecular formula is C13H20ClNO2S. The number of benzene rings is 1. The molecule has 5 heteroatoms. The van der Waals surface area contributed by atoms with Gasteiger partial charge in [-0.3, -0.25) is 0 Å². The fraction of sp³-hybridized carbons (Fsp3) is 0.538.